The van der Waals surface area contributed by atoms with Crippen molar-refractivity contribution in [3.05, 3.63) is 216 Å². The molecule has 6 heterocycles. The van der Waals surface area contributed by atoms with Crippen LogP contribution in [0.2, 0.25) is 0 Å². The summed E-state index contributed by atoms with van der Waals surface area (Å²) in [6.45, 7) is 18.6. The number of fused-ring (bicyclic) bond motifs is 26. The molecule has 0 bridgehead atoms. The highest BCUT2D eigenvalue weighted by Gasteiger charge is 2.27. The van der Waals surface area contributed by atoms with E-state index in [4.69, 9.17) is 15.0 Å². The Labute approximate surface area is 457 Å². The number of imidazole rings is 3. The number of hydrogen-bond donors (Lipinski definition) is 0. The zero-order valence-electron chi connectivity index (χ0n) is 45.9. The largest absolute Gasteiger partial charge is 0.292 e. The summed E-state index contributed by atoms with van der Waals surface area (Å²) in [4.78, 5) is 16.3. The molecule has 0 spiro atoms. The van der Waals surface area contributed by atoms with Crippen molar-refractivity contribution < 1.29 is 0 Å². The minimum atomic E-state index is -0.222. The number of rotatable bonds is 4. The van der Waals surface area contributed by atoms with Crippen LogP contribution in [0.3, 0.4) is 0 Å². The van der Waals surface area contributed by atoms with Crippen molar-refractivity contribution in [1.29, 1.82) is 0 Å². The van der Waals surface area contributed by atoms with Gasteiger partial charge in [-0.3, -0.25) is 13.2 Å². The highest BCUT2D eigenvalue weighted by atomic mass is 15.0. The highest BCUT2D eigenvalue weighted by Crippen LogP contribution is 2.44. The summed E-state index contributed by atoms with van der Waals surface area (Å²) in [6, 6.07) is 72.4. The smallest absolute Gasteiger partial charge is 0.147 e. The minimum Gasteiger partial charge on any atom is -0.292 e. The topological polar surface area (TPSA) is 51.9 Å². The fourth-order valence-electron chi connectivity index (χ4n) is 13.5. The molecule has 0 saturated carbocycles. The van der Waals surface area contributed by atoms with Crippen LogP contribution in [-0.4, -0.2) is 28.2 Å². The maximum absolute atomic E-state index is 5.58. The van der Waals surface area contributed by atoms with Crippen molar-refractivity contribution in [2.75, 3.05) is 0 Å². The van der Waals surface area contributed by atoms with Gasteiger partial charge in [0.25, 0.3) is 0 Å². The van der Waals surface area contributed by atoms with Crippen LogP contribution in [0.1, 0.15) is 77.6 Å². The second-order valence-corrected chi connectivity index (χ2v) is 25.1. The fraction of sp³-hybridized carbons (Fsp3) is 0.164. The zero-order valence-corrected chi connectivity index (χ0v) is 45.9. The summed E-state index contributed by atoms with van der Waals surface area (Å²) in [6.07, 6.45) is 0.848. The van der Waals surface area contributed by atoms with E-state index in [-0.39, 0.29) is 16.2 Å². The average molecular weight is 1020 g/mol. The van der Waals surface area contributed by atoms with E-state index in [1.54, 1.807) is 0 Å². The molecule has 0 aliphatic carbocycles. The van der Waals surface area contributed by atoms with Gasteiger partial charge in [0.05, 0.1) is 49.7 Å². The minimum absolute atomic E-state index is 0.0186. The average Bonchev–Trinajstić information content (AvgIpc) is 4.08. The lowest BCUT2D eigenvalue weighted by molar-refractivity contribution is 0.523. The van der Waals surface area contributed by atoms with Gasteiger partial charge in [0.15, 0.2) is 0 Å². The molecule has 0 unspecified atom stereocenters. The van der Waals surface area contributed by atoms with Gasteiger partial charge in [0, 0.05) is 32.3 Å². The second kappa shape index (κ2) is 16.0. The first-order valence-corrected chi connectivity index (χ1v) is 27.9. The van der Waals surface area contributed by atoms with Gasteiger partial charge in [0.2, 0.25) is 0 Å². The zero-order chi connectivity index (χ0) is 53.4. The van der Waals surface area contributed by atoms with Crippen molar-refractivity contribution in [3.8, 4) is 11.1 Å². The molecule has 79 heavy (non-hydrogen) atoms. The third kappa shape index (κ3) is 6.67. The summed E-state index contributed by atoms with van der Waals surface area (Å²) < 4.78 is 7.19. The third-order valence-electron chi connectivity index (χ3n) is 17.6. The lowest BCUT2D eigenvalue weighted by atomic mass is 9.78. The summed E-state index contributed by atoms with van der Waals surface area (Å²) in [5, 5.41) is 13.2. The fourth-order valence-corrected chi connectivity index (χ4v) is 13.5. The molecule has 10 aromatic carbocycles. The van der Waals surface area contributed by atoms with Crippen LogP contribution in [0.4, 0.5) is 0 Å². The van der Waals surface area contributed by atoms with Gasteiger partial charge in [-0.05, 0) is 156 Å². The Morgan fingerprint density at radius 2 is 0.823 bits per heavy atom. The summed E-state index contributed by atoms with van der Waals surface area (Å²) >= 11 is 0. The SMILES string of the molecule is CC(C)(C)c1ccc2c(c1)c1ccc(CC(C)(C)c3ccc4c5ccccc5c5nc6cc(-c7cc8c9ccc(C(C)(C)C)cc9n9c%10ccccc%10nc9c8c8ccccc78)ccc6n5c4c3)cc1c1nc3ccccc3n21. The Morgan fingerprint density at radius 1 is 0.316 bits per heavy atom. The molecule has 0 N–H and O–H groups in total. The molecular weight excluding hydrogens is 961 g/mol. The number of hydrogen-bond acceptors (Lipinski definition) is 3. The summed E-state index contributed by atoms with van der Waals surface area (Å²) in [7, 11) is 0. The van der Waals surface area contributed by atoms with Gasteiger partial charge in [-0.2, -0.15) is 0 Å². The molecule has 16 aromatic rings. The van der Waals surface area contributed by atoms with Crippen LogP contribution in [-0.2, 0) is 22.7 Å². The van der Waals surface area contributed by atoms with Crippen LogP contribution in [0.15, 0.2) is 194 Å². The lowest BCUT2D eigenvalue weighted by Gasteiger charge is -2.27. The van der Waals surface area contributed by atoms with E-state index in [0.29, 0.717) is 0 Å². The Balaban J connectivity index is 0.863. The van der Waals surface area contributed by atoms with Gasteiger partial charge in [-0.1, -0.05) is 177 Å². The molecule has 6 aromatic heterocycles. The summed E-state index contributed by atoms with van der Waals surface area (Å²) in [5.74, 6) is 0. The van der Waals surface area contributed by atoms with Gasteiger partial charge in [-0.15, -0.1) is 0 Å². The quantitative estimate of drug-likeness (QED) is 0.165. The molecule has 0 fully saturated rings. The lowest BCUT2D eigenvalue weighted by Crippen LogP contribution is -2.20. The Hall–Kier alpha value is -9.13. The van der Waals surface area contributed by atoms with Gasteiger partial charge < -0.3 is 0 Å². The number of aromatic nitrogens is 6. The Bertz CT molecular complexity index is 5340. The molecule has 0 amide bonds. The van der Waals surface area contributed by atoms with Crippen LogP contribution >= 0.6 is 0 Å². The number of pyridine rings is 3. The standard InChI is InChI=1S/C73H58N6/c1-71(2,3)44-29-34-61-55(37-44)49-30-25-42(35-57(49)69-74-58-21-13-15-23-62(58)77(61)69)41-73(7,8)46-28-32-50-47-17-10-12-20-53(47)68-76-60-36-43(26-33-64(60)78(68)66(50)39-46)54-40-56-51-31-27-45(72(4,5)6)38-65(51)79-63-24-16-14-22-59(63)75-70(79)67(56)52-19-11-9-18-48(52)54/h9-40H,41H2,1-8H3. The van der Waals surface area contributed by atoms with E-state index >= 15 is 0 Å². The van der Waals surface area contributed by atoms with E-state index in [2.05, 4.69) is 263 Å². The summed E-state index contributed by atoms with van der Waals surface area (Å²) in [5.41, 5.74) is 20.1. The molecule has 6 heteroatoms. The molecule has 16 rings (SSSR count). The van der Waals surface area contributed by atoms with E-state index in [9.17, 15) is 0 Å². The van der Waals surface area contributed by atoms with Crippen LogP contribution in [0.5, 0.6) is 0 Å². The van der Waals surface area contributed by atoms with Crippen LogP contribution < -0.4 is 0 Å². The molecule has 6 nitrogen and oxygen atoms in total. The first kappa shape index (κ1) is 46.0. The Morgan fingerprint density at radius 3 is 1.56 bits per heavy atom. The molecule has 0 saturated heterocycles. The molecule has 0 aliphatic heterocycles. The van der Waals surface area contributed by atoms with Gasteiger partial charge in [-0.25, -0.2) is 15.0 Å². The number of nitrogens with zero attached hydrogens (tertiary/aromatic N) is 6. The van der Waals surface area contributed by atoms with Crippen LogP contribution in [0, 0.1) is 0 Å². The maximum Gasteiger partial charge on any atom is 0.147 e. The Kier molecular flexibility index (Phi) is 9.31. The van der Waals surface area contributed by atoms with E-state index in [1.165, 1.54) is 92.7 Å². The van der Waals surface area contributed by atoms with E-state index < -0.39 is 0 Å². The monoisotopic (exact) mass is 1020 g/mol. The van der Waals surface area contributed by atoms with Crippen LogP contribution in [0.25, 0.3) is 137 Å². The van der Waals surface area contributed by atoms with Crippen molar-refractivity contribution in [2.45, 2.75) is 78.1 Å². The first-order valence-electron chi connectivity index (χ1n) is 27.9. The van der Waals surface area contributed by atoms with Crippen molar-refractivity contribution in [2.24, 2.45) is 0 Å². The maximum atomic E-state index is 5.58. The first-order chi connectivity index (χ1) is 38.2. The van der Waals surface area contributed by atoms with Crippen molar-refractivity contribution in [1.82, 2.24) is 28.2 Å². The molecule has 0 atom stereocenters. The van der Waals surface area contributed by atoms with Crippen molar-refractivity contribution >= 4 is 126 Å². The van der Waals surface area contributed by atoms with Crippen molar-refractivity contribution in [3.63, 3.8) is 0 Å². The predicted molar refractivity (Wildman–Crippen MR) is 334 cm³/mol. The van der Waals surface area contributed by atoms with Gasteiger partial charge in [0.1, 0.15) is 16.9 Å². The van der Waals surface area contributed by atoms with E-state index in [1.807, 2.05) is 0 Å². The number of para-hydroxylation sites is 4. The second-order valence-electron chi connectivity index (χ2n) is 25.1. The molecular formula is C73H58N6. The molecule has 380 valence electrons. The highest BCUT2D eigenvalue weighted by molar-refractivity contribution is 6.26. The molecule has 0 radical (unpaired) electrons. The van der Waals surface area contributed by atoms with E-state index in [0.717, 1.165) is 72.9 Å². The predicted octanol–water partition coefficient (Wildman–Crippen LogP) is 18.9. The van der Waals surface area contributed by atoms with Gasteiger partial charge >= 0.3 is 0 Å². The third-order valence-corrected chi connectivity index (χ3v) is 17.6. The normalized spacial score (nSPS) is 13.1. The molecule has 0 aliphatic rings. The number of benzene rings is 10.